The summed E-state index contributed by atoms with van der Waals surface area (Å²) in [5.41, 5.74) is 1.76. The van der Waals surface area contributed by atoms with Gasteiger partial charge in [-0.1, -0.05) is 24.3 Å². The summed E-state index contributed by atoms with van der Waals surface area (Å²) in [5.74, 6) is -0.290. The number of anilines is 1. The first-order valence-electron chi connectivity index (χ1n) is 9.62. The van der Waals surface area contributed by atoms with E-state index in [0.29, 0.717) is 27.5 Å². The van der Waals surface area contributed by atoms with Crippen molar-refractivity contribution in [3.63, 3.8) is 0 Å². The van der Waals surface area contributed by atoms with Gasteiger partial charge in [-0.25, -0.2) is 12.7 Å². The van der Waals surface area contributed by atoms with Crippen molar-refractivity contribution < 1.29 is 13.2 Å². The Kier molecular flexibility index (Phi) is 5.34. The van der Waals surface area contributed by atoms with Crippen LogP contribution in [0.5, 0.6) is 0 Å². The van der Waals surface area contributed by atoms with Crippen molar-refractivity contribution >= 4 is 43.4 Å². The van der Waals surface area contributed by atoms with E-state index in [1.54, 1.807) is 36.4 Å². The van der Waals surface area contributed by atoms with E-state index in [0.717, 1.165) is 4.31 Å². The molecular weight excluding hydrogens is 414 g/mol. The highest BCUT2D eigenvalue weighted by atomic mass is 32.2. The maximum atomic E-state index is 12.8. The Labute approximate surface area is 179 Å². The molecule has 0 atom stereocenters. The number of hydrogen-bond donors (Lipinski definition) is 1. The molecular formula is C23H21N3O4S. The second kappa shape index (κ2) is 7.98. The van der Waals surface area contributed by atoms with Gasteiger partial charge in [0.05, 0.1) is 15.9 Å². The molecule has 1 heterocycles. The molecule has 0 aliphatic rings. The van der Waals surface area contributed by atoms with Crippen LogP contribution in [0.15, 0.2) is 82.5 Å². The molecule has 8 heteroatoms. The third-order valence-electron chi connectivity index (χ3n) is 5.10. The molecule has 158 valence electrons. The summed E-state index contributed by atoms with van der Waals surface area (Å²) >= 11 is 0. The van der Waals surface area contributed by atoms with E-state index >= 15 is 0 Å². The highest BCUT2D eigenvalue weighted by molar-refractivity contribution is 7.89. The van der Waals surface area contributed by atoms with Gasteiger partial charge in [0.25, 0.3) is 0 Å². The monoisotopic (exact) mass is 435 g/mol. The van der Waals surface area contributed by atoms with Crippen molar-refractivity contribution in [2.45, 2.75) is 11.4 Å². The molecule has 0 spiro atoms. The Morgan fingerprint density at radius 3 is 1.90 bits per heavy atom. The zero-order valence-corrected chi connectivity index (χ0v) is 17.9. The fraction of sp³-hybridized carbons (Fsp3) is 0.130. The lowest BCUT2D eigenvalue weighted by Gasteiger charge is -2.15. The lowest BCUT2D eigenvalue weighted by Crippen LogP contribution is -2.23. The molecule has 0 unspecified atom stereocenters. The van der Waals surface area contributed by atoms with E-state index < -0.39 is 10.0 Å². The SMILES string of the molecule is CN(C)S(=O)(=O)c1ccc(NC(=O)Cn2c3ccccc3c(=O)c3ccccc32)cc1. The standard InChI is InChI=1S/C23H21N3O4S/c1-25(2)31(29,30)17-13-11-16(12-14-17)24-22(27)15-26-20-9-5-3-7-18(20)23(28)19-8-4-6-10-21(19)26/h3-14H,15H2,1-2H3,(H,24,27). The van der Waals surface area contributed by atoms with E-state index in [-0.39, 0.29) is 22.8 Å². The minimum atomic E-state index is -3.54. The van der Waals surface area contributed by atoms with Crippen molar-refractivity contribution in [1.82, 2.24) is 8.87 Å². The van der Waals surface area contributed by atoms with Crippen LogP contribution in [0.1, 0.15) is 0 Å². The highest BCUT2D eigenvalue weighted by Gasteiger charge is 2.17. The third kappa shape index (κ3) is 3.83. The van der Waals surface area contributed by atoms with E-state index in [4.69, 9.17) is 0 Å². The predicted octanol–water partition coefficient (Wildman–Crippen LogP) is 3.04. The van der Waals surface area contributed by atoms with Crippen LogP contribution in [0.25, 0.3) is 21.8 Å². The number of rotatable bonds is 5. The molecule has 4 aromatic rings. The average Bonchev–Trinajstić information content (AvgIpc) is 2.77. The number of carbonyl (C=O) groups excluding carboxylic acids is 1. The van der Waals surface area contributed by atoms with Gasteiger partial charge in [-0.3, -0.25) is 9.59 Å². The van der Waals surface area contributed by atoms with Gasteiger partial charge in [-0.15, -0.1) is 0 Å². The minimum Gasteiger partial charge on any atom is -0.331 e. The Bertz CT molecular complexity index is 1400. The number of para-hydroxylation sites is 2. The van der Waals surface area contributed by atoms with E-state index in [2.05, 4.69) is 5.32 Å². The quantitative estimate of drug-likeness (QED) is 0.488. The fourth-order valence-corrected chi connectivity index (χ4v) is 4.41. The summed E-state index contributed by atoms with van der Waals surface area (Å²) in [6.45, 7) is -0.000938. The largest absolute Gasteiger partial charge is 0.331 e. The molecule has 0 fully saturated rings. The summed E-state index contributed by atoms with van der Waals surface area (Å²) in [6.07, 6.45) is 0. The Morgan fingerprint density at radius 2 is 1.39 bits per heavy atom. The number of aromatic nitrogens is 1. The molecule has 0 bridgehead atoms. The van der Waals surface area contributed by atoms with Gasteiger partial charge in [-0.2, -0.15) is 0 Å². The van der Waals surface area contributed by atoms with Crippen LogP contribution in [0.2, 0.25) is 0 Å². The number of sulfonamides is 1. The number of amides is 1. The predicted molar refractivity (Wildman–Crippen MR) is 122 cm³/mol. The maximum absolute atomic E-state index is 12.8. The van der Waals surface area contributed by atoms with Gasteiger partial charge in [0, 0.05) is 30.6 Å². The molecule has 0 saturated carbocycles. The molecule has 0 radical (unpaired) electrons. The molecule has 0 aliphatic heterocycles. The van der Waals surface area contributed by atoms with E-state index in [9.17, 15) is 18.0 Å². The summed E-state index contributed by atoms with van der Waals surface area (Å²) < 4.78 is 27.3. The van der Waals surface area contributed by atoms with Crippen molar-refractivity contribution in [2.75, 3.05) is 19.4 Å². The first-order valence-corrected chi connectivity index (χ1v) is 11.1. The van der Waals surface area contributed by atoms with Crippen LogP contribution in [0, 0.1) is 0 Å². The summed E-state index contributed by atoms with van der Waals surface area (Å²) in [5, 5.41) is 3.89. The van der Waals surface area contributed by atoms with Crippen LogP contribution in [0.3, 0.4) is 0 Å². The zero-order valence-electron chi connectivity index (χ0n) is 17.1. The number of fused-ring (bicyclic) bond motifs is 2. The lowest BCUT2D eigenvalue weighted by atomic mass is 10.1. The lowest BCUT2D eigenvalue weighted by molar-refractivity contribution is -0.116. The van der Waals surface area contributed by atoms with Gasteiger partial charge < -0.3 is 9.88 Å². The molecule has 0 saturated heterocycles. The minimum absolute atomic E-state index is 0.000938. The normalized spacial score (nSPS) is 11.8. The molecule has 4 rings (SSSR count). The van der Waals surface area contributed by atoms with Crippen molar-refractivity contribution in [3.8, 4) is 0 Å². The van der Waals surface area contributed by atoms with Crippen LogP contribution in [0.4, 0.5) is 5.69 Å². The van der Waals surface area contributed by atoms with Crippen molar-refractivity contribution in [2.24, 2.45) is 0 Å². The number of nitrogens with one attached hydrogen (secondary N) is 1. The Hall–Kier alpha value is -3.49. The highest BCUT2D eigenvalue weighted by Crippen LogP contribution is 2.20. The summed E-state index contributed by atoms with van der Waals surface area (Å²) in [4.78, 5) is 25.8. The van der Waals surface area contributed by atoms with Crippen molar-refractivity contribution in [1.29, 1.82) is 0 Å². The topological polar surface area (TPSA) is 88.5 Å². The van der Waals surface area contributed by atoms with Crippen molar-refractivity contribution in [3.05, 3.63) is 83.0 Å². The van der Waals surface area contributed by atoms with Gasteiger partial charge in [-0.05, 0) is 48.5 Å². The molecule has 31 heavy (non-hydrogen) atoms. The fourth-order valence-electron chi connectivity index (χ4n) is 3.51. The van der Waals surface area contributed by atoms with Crippen LogP contribution >= 0.6 is 0 Å². The summed E-state index contributed by atoms with van der Waals surface area (Å²) in [6, 6.07) is 20.4. The molecule has 1 N–H and O–H groups in total. The van der Waals surface area contributed by atoms with E-state index in [1.807, 2.05) is 28.8 Å². The number of nitrogens with zero attached hydrogens (tertiary/aromatic N) is 2. The molecule has 1 amide bonds. The number of carbonyl (C=O) groups is 1. The second-order valence-electron chi connectivity index (χ2n) is 7.31. The first-order chi connectivity index (χ1) is 14.8. The van der Waals surface area contributed by atoms with Gasteiger partial charge in [0.1, 0.15) is 6.54 Å². The smallest absolute Gasteiger partial charge is 0.244 e. The van der Waals surface area contributed by atoms with Crippen LogP contribution < -0.4 is 10.7 Å². The van der Waals surface area contributed by atoms with Crippen LogP contribution in [-0.2, 0) is 21.4 Å². The molecule has 0 aliphatic carbocycles. The van der Waals surface area contributed by atoms with Crippen LogP contribution in [-0.4, -0.2) is 37.3 Å². The van der Waals surface area contributed by atoms with Gasteiger partial charge >= 0.3 is 0 Å². The number of pyridine rings is 1. The van der Waals surface area contributed by atoms with Gasteiger partial charge in [0.2, 0.25) is 15.9 Å². The second-order valence-corrected chi connectivity index (χ2v) is 9.46. The summed E-state index contributed by atoms with van der Waals surface area (Å²) in [7, 11) is -0.612. The molecule has 1 aromatic heterocycles. The first kappa shape index (κ1) is 20.8. The number of hydrogen-bond acceptors (Lipinski definition) is 4. The van der Waals surface area contributed by atoms with E-state index in [1.165, 1.54) is 26.2 Å². The Morgan fingerprint density at radius 1 is 0.871 bits per heavy atom. The number of benzene rings is 3. The maximum Gasteiger partial charge on any atom is 0.244 e. The third-order valence-corrected chi connectivity index (χ3v) is 6.93. The molecule has 3 aromatic carbocycles. The zero-order chi connectivity index (χ0) is 22.2. The Balaban J connectivity index is 1.66. The average molecular weight is 436 g/mol. The molecule has 7 nitrogen and oxygen atoms in total. The van der Waals surface area contributed by atoms with Gasteiger partial charge in [0.15, 0.2) is 5.43 Å².